The first-order valence-electron chi connectivity index (χ1n) is 7.51. The van der Waals surface area contributed by atoms with Gasteiger partial charge in [0.25, 0.3) is 5.91 Å². The third-order valence-electron chi connectivity index (χ3n) is 3.88. The summed E-state index contributed by atoms with van der Waals surface area (Å²) in [5, 5.41) is 2.72. The lowest BCUT2D eigenvalue weighted by molar-refractivity contribution is -0.149. The van der Waals surface area contributed by atoms with Gasteiger partial charge in [0.2, 0.25) is 0 Å². The summed E-state index contributed by atoms with van der Waals surface area (Å²) < 4.78 is 5.37. The molecular formula is C17H15Cl2NO3S. The van der Waals surface area contributed by atoms with Gasteiger partial charge in [0.05, 0.1) is 14.9 Å². The van der Waals surface area contributed by atoms with Gasteiger partial charge in [-0.1, -0.05) is 35.3 Å². The van der Waals surface area contributed by atoms with Gasteiger partial charge in [0, 0.05) is 6.54 Å². The first kappa shape index (κ1) is 17.3. The van der Waals surface area contributed by atoms with E-state index in [1.807, 2.05) is 11.4 Å². The molecule has 3 rings (SSSR count). The zero-order valence-corrected chi connectivity index (χ0v) is 15.0. The molecule has 7 heteroatoms. The van der Waals surface area contributed by atoms with Crippen LogP contribution in [0.3, 0.4) is 0 Å². The number of amides is 1. The quantitative estimate of drug-likeness (QED) is 0.734. The summed E-state index contributed by atoms with van der Waals surface area (Å²) in [5.74, 6) is -0.498. The zero-order valence-electron chi connectivity index (χ0n) is 12.7. The van der Waals surface area contributed by atoms with E-state index in [1.54, 1.807) is 29.2 Å². The van der Waals surface area contributed by atoms with Crippen molar-refractivity contribution in [1.82, 2.24) is 4.90 Å². The maximum Gasteiger partial charge on any atom is 0.329 e. The number of carbonyl (C=O) groups is 2. The normalized spacial score (nSPS) is 17.1. The van der Waals surface area contributed by atoms with Gasteiger partial charge in [-0.3, -0.25) is 4.79 Å². The molecule has 2 aromatic rings. The van der Waals surface area contributed by atoms with Crippen molar-refractivity contribution in [2.75, 3.05) is 6.54 Å². The maximum absolute atomic E-state index is 12.5. The summed E-state index contributed by atoms with van der Waals surface area (Å²) in [6.45, 7) is 0.677. The first-order valence-corrected chi connectivity index (χ1v) is 9.15. The van der Waals surface area contributed by atoms with Gasteiger partial charge in [-0.15, -0.1) is 11.3 Å². The van der Waals surface area contributed by atoms with E-state index >= 15 is 0 Å². The molecule has 24 heavy (non-hydrogen) atoms. The Labute approximate surface area is 153 Å². The molecule has 0 spiro atoms. The molecule has 1 aliphatic rings. The van der Waals surface area contributed by atoms with E-state index in [9.17, 15) is 9.59 Å². The Balaban J connectivity index is 1.63. The molecule has 1 atom stereocenters. The highest BCUT2D eigenvalue weighted by molar-refractivity contribution is 7.12. The second-order valence-corrected chi connectivity index (χ2v) is 7.25. The van der Waals surface area contributed by atoms with E-state index in [0.717, 1.165) is 12.0 Å². The summed E-state index contributed by atoms with van der Waals surface area (Å²) >= 11 is 13.2. The van der Waals surface area contributed by atoms with E-state index in [4.69, 9.17) is 27.9 Å². The fraction of sp³-hybridized carbons (Fsp3) is 0.294. The topological polar surface area (TPSA) is 46.6 Å². The number of thiophene rings is 1. The lowest BCUT2D eigenvalue weighted by atomic mass is 10.2. The summed E-state index contributed by atoms with van der Waals surface area (Å²) in [4.78, 5) is 27.1. The third-order valence-corrected chi connectivity index (χ3v) is 5.48. The molecule has 0 N–H and O–H groups in total. The highest BCUT2D eigenvalue weighted by atomic mass is 35.5. The average Bonchev–Trinajstić information content (AvgIpc) is 3.26. The Morgan fingerprint density at radius 1 is 1.25 bits per heavy atom. The minimum absolute atomic E-state index is 0.104. The second kappa shape index (κ2) is 7.55. The molecule has 0 bridgehead atoms. The van der Waals surface area contributed by atoms with Gasteiger partial charge in [-0.25, -0.2) is 4.79 Å². The summed E-state index contributed by atoms with van der Waals surface area (Å²) in [6, 6.07) is 8.15. The Morgan fingerprint density at radius 3 is 2.79 bits per heavy atom. The smallest absolute Gasteiger partial charge is 0.329 e. The predicted molar refractivity (Wildman–Crippen MR) is 94.6 cm³/mol. The molecule has 1 aromatic heterocycles. The Hall–Kier alpha value is -1.56. The fourth-order valence-corrected chi connectivity index (χ4v) is 3.68. The molecule has 1 aromatic carbocycles. The van der Waals surface area contributed by atoms with Crippen LogP contribution >= 0.6 is 34.5 Å². The van der Waals surface area contributed by atoms with Crippen molar-refractivity contribution in [2.24, 2.45) is 0 Å². The number of benzene rings is 1. The van der Waals surface area contributed by atoms with Gasteiger partial charge in [0.15, 0.2) is 0 Å². The lowest BCUT2D eigenvalue weighted by Crippen LogP contribution is -2.41. The average molecular weight is 384 g/mol. The second-order valence-electron chi connectivity index (χ2n) is 5.49. The van der Waals surface area contributed by atoms with E-state index in [2.05, 4.69) is 0 Å². The fourth-order valence-electron chi connectivity index (χ4n) is 2.68. The summed E-state index contributed by atoms with van der Waals surface area (Å²) in [6.07, 6.45) is 1.42. The number of ether oxygens (including phenoxy) is 1. The van der Waals surface area contributed by atoms with Crippen molar-refractivity contribution >= 4 is 46.4 Å². The van der Waals surface area contributed by atoms with Gasteiger partial charge >= 0.3 is 5.97 Å². The molecule has 1 unspecified atom stereocenters. The van der Waals surface area contributed by atoms with Crippen molar-refractivity contribution in [2.45, 2.75) is 25.5 Å². The maximum atomic E-state index is 12.5. The summed E-state index contributed by atoms with van der Waals surface area (Å²) in [5.41, 5.74) is 0.756. The minimum atomic E-state index is -0.526. The number of halogens is 2. The van der Waals surface area contributed by atoms with Crippen LogP contribution in [0.4, 0.5) is 0 Å². The predicted octanol–water partition coefficient (Wildman–Crippen LogP) is 4.40. The highest BCUT2D eigenvalue weighted by Gasteiger charge is 2.35. The molecule has 1 amide bonds. The number of rotatable bonds is 4. The van der Waals surface area contributed by atoms with Gasteiger partial charge in [-0.2, -0.15) is 0 Å². The van der Waals surface area contributed by atoms with E-state index in [1.165, 1.54) is 11.3 Å². The Morgan fingerprint density at radius 2 is 2.08 bits per heavy atom. The van der Waals surface area contributed by atoms with Crippen LogP contribution in [0.1, 0.15) is 28.1 Å². The van der Waals surface area contributed by atoms with Crippen LogP contribution < -0.4 is 0 Å². The van der Waals surface area contributed by atoms with E-state index in [0.29, 0.717) is 27.9 Å². The van der Waals surface area contributed by atoms with Crippen LogP contribution in [0.2, 0.25) is 10.0 Å². The minimum Gasteiger partial charge on any atom is -0.459 e. The van der Waals surface area contributed by atoms with Crippen LogP contribution in [0, 0.1) is 0 Å². The number of hydrogen-bond acceptors (Lipinski definition) is 4. The Kier molecular flexibility index (Phi) is 5.43. The monoisotopic (exact) mass is 383 g/mol. The molecular weight excluding hydrogens is 369 g/mol. The van der Waals surface area contributed by atoms with Gasteiger partial charge in [-0.05, 0) is 42.0 Å². The molecule has 2 heterocycles. The van der Waals surface area contributed by atoms with Crippen LogP contribution in [0.25, 0.3) is 0 Å². The van der Waals surface area contributed by atoms with Crippen LogP contribution in [0.5, 0.6) is 0 Å². The van der Waals surface area contributed by atoms with E-state index < -0.39 is 6.04 Å². The number of likely N-dealkylation sites (tertiary alicyclic amines) is 1. The van der Waals surface area contributed by atoms with Crippen LogP contribution in [-0.2, 0) is 16.1 Å². The molecule has 1 saturated heterocycles. The van der Waals surface area contributed by atoms with Crippen molar-refractivity contribution < 1.29 is 14.3 Å². The SMILES string of the molecule is O=C(OCc1ccc(Cl)c(Cl)c1)C1CCCN1C(=O)c1cccs1. The molecule has 0 saturated carbocycles. The zero-order chi connectivity index (χ0) is 17.1. The standard InChI is InChI=1S/C17H15Cl2NO3S/c18-12-6-5-11(9-13(12)19)10-23-17(22)14-3-1-7-20(14)16(21)15-4-2-8-24-15/h2,4-6,8-9,14H,1,3,7,10H2. The first-order chi connectivity index (χ1) is 11.6. The number of nitrogens with zero attached hydrogens (tertiary/aromatic N) is 1. The molecule has 0 radical (unpaired) electrons. The molecule has 0 aliphatic carbocycles. The van der Waals surface area contributed by atoms with Crippen LogP contribution in [0.15, 0.2) is 35.7 Å². The van der Waals surface area contributed by atoms with Gasteiger partial charge < -0.3 is 9.64 Å². The largest absolute Gasteiger partial charge is 0.459 e. The number of hydrogen-bond donors (Lipinski definition) is 0. The molecule has 1 aliphatic heterocycles. The summed E-state index contributed by atoms with van der Waals surface area (Å²) in [7, 11) is 0. The molecule has 126 valence electrons. The van der Waals surface area contributed by atoms with Crippen molar-refractivity contribution in [3.8, 4) is 0 Å². The van der Waals surface area contributed by atoms with E-state index in [-0.39, 0.29) is 18.5 Å². The van der Waals surface area contributed by atoms with Crippen molar-refractivity contribution in [3.05, 3.63) is 56.2 Å². The third kappa shape index (κ3) is 3.74. The van der Waals surface area contributed by atoms with Crippen molar-refractivity contribution in [1.29, 1.82) is 0 Å². The Bertz CT molecular complexity index is 748. The number of esters is 1. The van der Waals surface area contributed by atoms with Crippen LogP contribution in [-0.4, -0.2) is 29.4 Å². The highest BCUT2D eigenvalue weighted by Crippen LogP contribution is 2.25. The number of carbonyl (C=O) groups excluding carboxylic acids is 2. The van der Waals surface area contributed by atoms with Crippen molar-refractivity contribution in [3.63, 3.8) is 0 Å². The molecule has 1 fully saturated rings. The lowest BCUT2D eigenvalue weighted by Gasteiger charge is -2.22. The van der Waals surface area contributed by atoms with Gasteiger partial charge in [0.1, 0.15) is 12.6 Å². The molecule has 4 nitrogen and oxygen atoms in total.